The molecule has 1 rings (SSSR count). The molecule has 0 spiro atoms. The van der Waals surface area contributed by atoms with Gasteiger partial charge in [-0.25, -0.2) is 0 Å². The van der Waals surface area contributed by atoms with Gasteiger partial charge in [0.05, 0.1) is 0 Å². The van der Waals surface area contributed by atoms with Crippen molar-refractivity contribution in [2.24, 2.45) is 0 Å². The van der Waals surface area contributed by atoms with Gasteiger partial charge in [-0.1, -0.05) is 79.9 Å². The molecule has 0 aromatic heterocycles. The fourth-order valence-electron chi connectivity index (χ4n) is 2.28. The van der Waals surface area contributed by atoms with Crippen LogP contribution in [0, 0.1) is 0 Å². The molecule has 2 nitrogen and oxygen atoms in total. The van der Waals surface area contributed by atoms with Crippen LogP contribution in [0.25, 0.3) is 6.08 Å². The Bertz CT molecular complexity index is 439. The second-order valence-electron chi connectivity index (χ2n) is 5.65. The SMILES string of the molecule is CCCCCCCCCCNC(=O)C=Cc1ccc(Br)cc1. The molecule has 0 saturated carbocycles. The monoisotopic (exact) mass is 365 g/mol. The van der Waals surface area contributed by atoms with Crippen LogP contribution < -0.4 is 5.32 Å². The van der Waals surface area contributed by atoms with E-state index in [2.05, 4.69) is 28.2 Å². The summed E-state index contributed by atoms with van der Waals surface area (Å²) in [4.78, 5) is 11.7. The summed E-state index contributed by atoms with van der Waals surface area (Å²) in [7, 11) is 0. The molecule has 1 aromatic rings. The largest absolute Gasteiger partial charge is 0.353 e. The lowest BCUT2D eigenvalue weighted by Gasteiger charge is -2.03. The van der Waals surface area contributed by atoms with Crippen molar-refractivity contribution in [1.82, 2.24) is 5.32 Å². The Labute approximate surface area is 143 Å². The van der Waals surface area contributed by atoms with Crippen molar-refractivity contribution in [2.45, 2.75) is 58.3 Å². The van der Waals surface area contributed by atoms with Crippen molar-refractivity contribution in [3.8, 4) is 0 Å². The minimum absolute atomic E-state index is 0.00846. The van der Waals surface area contributed by atoms with E-state index < -0.39 is 0 Å². The number of hydrogen-bond acceptors (Lipinski definition) is 1. The highest BCUT2D eigenvalue weighted by Gasteiger charge is 1.96. The van der Waals surface area contributed by atoms with Crippen LogP contribution in [0.15, 0.2) is 34.8 Å². The van der Waals surface area contributed by atoms with Crippen LogP contribution >= 0.6 is 15.9 Å². The van der Waals surface area contributed by atoms with Gasteiger partial charge in [-0.3, -0.25) is 4.79 Å². The lowest BCUT2D eigenvalue weighted by molar-refractivity contribution is -0.116. The smallest absolute Gasteiger partial charge is 0.243 e. The van der Waals surface area contributed by atoms with Gasteiger partial charge in [0.25, 0.3) is 0 Å². The van der Waals surface area contributed by atoms with Gasteiger partial charge in [-0.15, -0.1) is 0 Å². The maximum Gasteiger partial charge on any atom is 0.243 e. The number of amides is 1. The molecular formula is C19H28BrNO. The van der Waals surface area contributed by atoms with Gasteiger partial charge in [0, 0.05) is 17.1 Å². The number of carbonyl (C=O) groups excluding carboxylic acids is 1. The second-order valence-corrected chi connectivity index (χ2v) is 6.57. The summed E-state index contributed by atoms with van der Waals surface area (Å²) in [6.45, 7) is 3.02. The van der Waals surface area contributed by atoms with Crippen molar-refractivity contribution >= 4 is 27.9 Å². The minimum atomic E-state index is -0.00846. The molecule has 22 heavy (non-hydrogen) atoms. The van der Waals surface area contributed by atoms with E-state index in [4.69, 9.17) is 0 Å². The maximum atomic E-state index is 11.7. The number of nitrogens with one attached hydrogen (secondary N) is 1. The fourth-order valence-corrected chi connectivity index (χ4v) is 2.54. The Morgan fingerprint density at radius 3 is 2.23 bits per heavy atom. The number of unbranched alkanes of at least 4 members (excludes halogenated alkanes) is 7. The highest BCUT2D eigenvalue weighted by atomic mass is 79.9. The Balaban J connectivity index is 2.02. The van der Waals surface area contributed by atoms with Gasteiger partial charge in [-0.2, -0.15) is 0 Å². The molecule has 0 radical (unpaired) electrons. The van der Waals surface area contributed by atoms with E-state index in [-0.39, 0.29) is 5.91 Å². The highest BCUT2D eigenvalue weighted by molar-refractivity contribution is 9.10. The van der Waals surface area contributed by atoms with E-state index in [1.165, 1.54) is 44.9 Å². The number of hydrogen-bond donors (Lipinski definition) is 1. The van der Waals surface area contributed by atoms with Crippen molar-refractivity contribution < 1.29 is 4.79 Å². The average Bonchev–Trinajstić information content (AvgIpc) is 2.53. The maximum absolute atomic E-state index is 11.7. The normalized spacial score (nSPS) is 11.0. The van der Waals surface area contributed by atoms with Crippen LogP contribution in [-0.2, 0) is 4.79 Å². The topological polar surface area (TPSA) is 29.1 Å². The molecule has 0 unspecified atom stereocenters. The van der Waals surface area contributed by atoms with Crippen molar-refractivity contribution in [3.05, 3.63) is 40.4 Å². The molecule has 0 heterocycles. The van der Waals surface area contributed by atoms with Crippen LogP contribution in [0.5, 0.6) is 0 Å². The molecule has 1 aromatic carbocycles. The van der Waals surface area contributed by atoms with Gasteiger partial charge < -0.3 is 5.32 Å². The first-order valence-corrected chi connectivity index (χ1v) is 9.23. The Morgan fingerprint density at radius 1 is 1.00 bits per heavy atom. The van der Waals surface area contributed by atoms with Gasteiger partial charge in [0.15, 0.2) is 0 Å². The molecule has 1 amide bonds. The summed E-state index contributed by atoms with van der Waals surface area (Å²) in [5.41, 5.74) is 1.03. The average molecular weight is 366 g/mol. The first-order chi connectivity index (χ1) is 10.7. The van der Waals surface area contributed by atoms with Crippen LogP contribution in [0.4, 0.5) is 0 Å². The molecular weight excluding hydrogens is 338 g/mol. The molecule has 0 atom stereocenters. The van der Waals surface area contributed by atoms with Crippen molar-refractivity contribution in [1.29, 1.82) is 0 Å². The van der Waals surface area contributed by atoms with E-state index in [0.29, 0.717) is 0 Å². The Kier molecular flexibility index (Phi) is 10.7. The standard InChI is InChI=1S/C19H28BrNO/c1-2-3-4-5-6-7-8-9-16-21-19(22)15-12-17-10-13-18(20)14-11-17/h10-15H,2-9,16H2,1H3,(H,21,22). The van der Waals surface area contributed by atoms with E-state index in [0.717, 1.165) is 23.0 Å². The number of benzene rings is 1. The predicted octanol–water partition coefficient (Wildman–Crippen LogP) is 5.72. The number of rotatable bonds is 11. The highest BCUT2D eigenvalue weighted by Crippen LogP contribution is 2.11. The first-order valence-electron chi connectivity index (χ1n) is 8.44. The van der Waals surface area contributed by atoms with Crippen molar-refractivity contribution in [2.75, 3.05) is 6.54 Å². The molecule has 122 valence electrons. The molecule has 0 fully saturated rings. The first kappa shape index (κ1) is 19.0. The quantitative estimate of drug-likeness (QED) is 0.394. The zero-order valence-corrected chi connectivity index (χ0v) is 15.2. The lowest BCUT2D eigenvalue weighted by atomic mass is 10.1. The summed E-state index contributed by atoms with van der Waals surface area (Å²) in [6.07, 6.45) is 13.7. The van der Waals surface area contributed by atoms with E-state index >= 15 is 0 Å². The summed E-state index contributed by atoms with van der Waals surface area (Å²) in [6, 6.07) is 7.90. The zero-order chi connectivity index (χ0) is 16.0. The van der Waals surface area contributed by atoms with Crippen LogP contribution in [0.2, 0.25) is 0 Å². The summed E-state index contributed by atoms with van der Waals surface area (Å²) >= 11 is 3.39. The third kappa shape index (κ3) is 9.78. The van der Waals surface area contributed by atoms with E-state index in [9.17, 15) is 4.79 Å². The molecule has 0 aliphatic carbocycles. The third-order valence-electron chi connectivity index (χ3n) is 3.63. The molecule has 0 aliphatic rings. The van der Waals surface area contributed by atoms with E-state index in [1.807, 2.05) is 30.3 Å². The molecule has 3 heteroatoms. The summed E-state index contributed by atoms with van der Waals surface area (Å²) in [5, 5.41) is 2.94. The summed E-state index contributed by atoms with van der Waals surface area (Å²) in [5.74, 6) is -0.00846. The predicted molar refractivity (Wildman–Crippen MR) is 98.8 cm³/mol. The zero-order valence-electron chi connectivity index (χ0n) is 13.6. The molecule has 1 N–H and O–H groups in total. The lowest BCUT2D eigenvalue weighted by Crippen LogP contribution is -2.21. The fraction of sp³-hybridized carbons (Fsp3) is 0.526. The van der Waals surface area contributed by atoms with E-state index in [1.54, 1.807) is 6.08 Å². The van der Waals surface area contributed by atoms with Gasteiger partial charge in [-0.05, 0) is 30.2 Å². The van der Waals surface area contributed by atoms with Crippen LogP contribution in [0.3, 0.4) is 0 Å². The van der Waals surface area contributed by atoms with Crippen LogP contribution in [-0.4, -0.2) is 12.5 Å². The minimum Gasteiger partial charge on any atom is -0.353 e. The molecule has 0 aliphatic heterocycles. The molecule has 0 bridgehead atoms. The van der Waals surface area contributed by atoms with Gasteiger partial charge in [0.1, 0.15) is 0 Å². The Hall–Kier alpha value is -1.09. The van der Waals surface area contributed by atoms with Crippen molar-refractivity contribution in [3.63, 3.8) is 0 Å². The number of halogens is 1. The number of carbonyl (C=O) groups is 1. The second kappa shape index (κ2) is 12.5. The van der Waals surface area contributed by atoms with Crippen LogP contribution in [0.1, 0.15) is 63.9 Å². The summed E-state index contributed by atoms with van der Waals surface area (Å²) < 4.78 is 1.05. The third-order valence-corrected chi connectivity index (χ3v) is 4.16. The Morgan fingerprint density at radius 2 is 1.59 bits per heavy atom. The van der Waals surface area contributed by atoms with Gasteiger partial charge in [0.2, 0.25) is 5.91 Å². The van der Waals surface area contributed by atoms with Gasteiger partial charge >= 0.3 is 0 Å². The molecule has 0 saturated heterocycles.